The van der Waals surface area contributed by atoms with E-state index >= 15 is 0 Å². The van der Waals surface area contributed by atoms with Gasteiger partial charge in [-0.15, -0.1) is 0 Å². The molecule has 1 aliphatic rings. The van der Waals surface area contributed by atoms with Crippen LogP contribution in [-0.4, -0.2) is 43.3 Å². The number of amides is 2. The second-order valence-corrected chi connectivity index (χ2v) is 8.55. The number of nitrogens with zero attached hydrogens (tertiary/aromatic N) is 2. The third-order valence-corrected chi connectivity index (χ3v) is 6.47. The zero-order valence-corrected chi connectivity index (χ0v) is 19.3. The molecule has 1 aliphatic heterocycles. The number of ether oxygens (including phenoxy) is 2. The number of carbonyl (C=O) groups is 3. The third kappa shape index (κ3) is 4.58. The Bertz CT molecular complexity index is 1210. The number of ketones is 1. The lowest BCUT2D eigenvalue weighted by molar-refractivity contribution is -0.122. The molecule has 1 saturated heterocycles. The largest absolute Gasteiger partial charge is 0.497 e. The summed E-state index contributed by atoms with van der Waals surface area (Å²) in [4.78, 5) is 44.3. The summed E-state index contributed by atoms with van der Waals surface area (Å²) < 4.78 is 10.6. The fraction of sp³-hybridized carbons (Fsp3) is 0.250. The van der Waals surface area contributed by atoms with Crippen molar-refractivity contribution in [2.45, 2.75) is 13.3 Å². The number of carbonyl (C=O) groups excluding carboxylic acids is 3. The van der Waals surface area contributed by atoms with Gasteiger partial charge in [-0.1, -0.05) is 41.7 Å². The van der Waals surface area contributed by atoms with E-state index < -0.39 is 5.92 Å². The van der Waals surface area contributed by atoms with Crippen LogP contribution in [0.3, 0.4) is 0 Å². The summed E-state index contributed by atoms with van der Waals surface area (Å²) in [5, 5.41) is 3.13. The summed E-state index contributed by atoms with van der Waals surface area (Å²) >= 11 is 1.13. The minimum absolute atomic E-state index is 0.0670. The van der Waals surface area contributed by atoms with Gasteiger partial charge in [-0.2, -0.15) is 0 Å². The molecule has 1 atom stereocenters. The van der Waals surface area contributed by atoms with Gasteiger partial charge in [0.25, 0.3) is 0 Å². The van der Waals surface area contributed by atoms with Crippen LogP contribution in [0, 0.1) is 5.92 Å². The van der Waals surface area contributed by atoms with E-state index in [1.54, 1.807) is 30.2 Å². The summed E-state index contributed by atoms with van der Waals surface area (Å²) in [6.07, 6.45) is 0.0670. The molecule has 2 aromatic carbocycles. The number of methoxy groups -OCH3 is 2. The molecule has 1 aromatic heterocycles. The SMILES string of the molecule is COc1ccc(N2C[C@H](C(=O)Nc3nc(-c4ccccc4)c(C(C)=O)s3)CC2=O)c(OC)c1. The van der Waals surface area contributed by atoms with Gasteiger partial charge in [0.1, 0.15) is 11.5 Å². The highest BCUT2D eigenvalue weighted by Crippen LogP contribution is 2.37. The molecular formula is C24H23N3O5S. The summed E-state index contributed by atoms with van der Waals surface area (Å²) in [5.41, 5.74) is 1.92. The zero-order valence-electron chi connectivity index (χ0n) is 18.5. The fourth-order valence-electron chi connectivity index (χ4n) is 3.74. The molecule has 0 spiro atoms. The number of Topliss-reactive ketones (excluding diaryl/α,β-unsaturated/α-hetero) is 1. The van der Waals surface area contributed by atoms with Crippen LogP contribution < -0.4 is 19.7 Å². The molecule has 0 radical (unpaired) electrons. The Morgan fingerprint density at radius 1 is 1.12 bits per heavy atom. The van der Waals surface area contributed by atoms with E-state index in [4.69, 9.17) is 9.47 Å². The molecule has 1 N–H and O–H groups in total. The van der Waals surface area contributed by atoms with Gasteiger partial charge in [0.15, 0.2) is 10.9 Å². The zero-order chi connectivity index (χ0) is 23.5. The summed E-state index contributed by atoms with van der Waals surface area (Å²) in [6.45, 7) is 1.69. The van der Waals surface area contributed by atoms with Crippen molar-refractivity contribution in [3.63, 3.8) is 0 Å². The Morgan fingerprint density at radius 3 is 2.55 bits per heavy atom. The molecule has 0 unspecified atom stereocenters. The van der Waals surface area contributed by atoms with E-state index in [0.717, 1.165) is 16.9 Å². The molecule has 0 bridgehead atoms. The van der Waals surface area contributed by atoms with E-state index in [9.17, 15) is 14.4 Å². The number of benzene rings is 2. The number of thiazole rings is 1. The first kappa shape index (κ1) is 22.5. The molecule has 8 nitrogen and oxygen atoms in total. The smallest absolute Gasteiger partial charge is 0.231 e. The predicted octanol–water partition coefficient (Wildman–Crippen LogP) is 4.02. The van der Waals surface area contributed by atoms with Crippen LogP contribution in [0.4, 0.5) is 10.8 Å². The minimum Gasteiger partial charge on any atom is -0.497 e. The Balaban J connectivity index is 1.52. The number of hydrogen-bond acceptors (Lipinski definition) is 7. The van der Waals surface area contributed by atoms with Crippen molar-refractivity contribution < 1.29 is 23.9 Å². The van der Waals surface area contributed by atoms with Crippen molar-refractivity contribution in [2.75, 3.05) is 31.0 Å². The molecule has 170 valence electrons. The highest BCUT2D eigenvalue weighted by Gasteiger charge is 2.37. The number of hydrogen-bond donors (Lipinski definition) is 1. The predicted molar refractivity (Wildman–Crippen MR) is 126 cm³/mol. The van der Waals surface area contributed by atoms with Crippen LogP contribution in [0.1, 0.15) is 23.0 Å². The number of nitrogens with one attached hydrogen (secondary N) is 1. The highest BCUT2D eigenvalue weighted by atomic mass is 32.1. The summed E-state index contributed by atoms with van der Waals surface area (Å²) in [6, 6.07) is 14.5. The van der Waals surface area contributed by atoms with Gasteiger partial charge in [-0.05, 0) is 12.1 Å². The van der Waals surface area contributed by atoms with Gasteiger partial charge in [-0.25, -0.2) is 4.98 Å². The molecule has 2 amide bonds. The molecule has 9 heteroatoms. The molecule has 0 aliphatic carbocycles. The van der Waals surface area contributed by atoms with E-state index in [2.05, 4.69) is 10.3 Å². The Hall–Kier alpha value is -3.72. The maximum Gasteiger partial charge on any atom is 0.231 e. The van der Waals surface area contributed by atoms with Gasteiger partial charge in [-0.3, -0.25) is 14.4 Å². The van der Waals surface area contributed by atoms with Crippen LogP contribution in [0.15, 0.2) is 48.5 Å². The van der Waals surface area contributed by atoms with Crippen molar-refractivity contribution in [2.24, 2.45) is 5.92 Å². The molecule has 1 fully saturated rings. The first-order valence-corrected chi connectivity index (χ1v) is 11.1. The van der Waals surface area contributed by atoms with Gasteiger partial charge >= 0.3 is 0 Å². The van der Waals surface area contributed by atoms with Gasteiger partial charge in [0.2, 0.25) is 11.8 Å². The third-order valence-electron chi connectivity index (χ3n) is 5.40. The average Bonchev–Trinajstić information content (AvgIpc) is 3.43. The standard InChI is InChI=1S/C24H23N3O5S/c1-14(28)22-21(15-7-5-4-6-8-15)25-24(33-22)26-23(30)16-11-20(29)27(13-16)18-10-9-17(31-2)12-19(18)32-3/h4-10,12,16H,11,13H2,1-3H3,(H,25,26,30)/t16-/m1/s1. The monoisotopic (exact) mass is 465 g/mol. The lowest BCUT2D eigenvalue weighted by Crippen LogP contribution is -2.28. The minimum atomic E-state index is -0.561. The topological polar surface area (TPSA) is 97.8 Å². The maximum absolute atomic E-state index is 13.0. The van der Waals surface area contributed by atoms with Crippen LogP contribution >= 0.6 is 11.3 Å². The molecule has 0 saturated carbocycles. The average molecular weight is 466 g/mol. The molecule has 33 heavy (non-hydrogen) atoms. The van der Waals surface area contributed by atoms with E-state index in [-0.39, 0.29) is 30.6 Å². The van der Waals surface area contributed by atoms with Crippen LogP contribution in [-0.2, 0) is 9.59 Å². The number of rotatable bonds is 7. The maximum atomic E-state index is 13.0. The Kier molecular flexibility index (Phi) is 6.41. The highest BCUT2D eigenvalue weighted by molar-refractivity contribution is 7.18. The summed E-state index contributed by atoms with van der Waals surface area (Å²) in [7, 11) is 3.07. The van der Waals surface area contributed by atoms with Crippen molar-refractivity contribution in [3.05, 3.63) is 53.4 Å². The molecule has 3 aromatic rings. The quantitative estimate of drug-likeness (QED) is 0.529. The van der Waals surface area contributed by atoms with Crippen molar-refractivity contribution >= 4 is 39.8 Å². The summed E-state index contributed by atoms with van der Waals surface area (Å²) in [5.74, 6) is -0.0816. The van der Waals surface area contributed by atoms with E-state index in [1.165, 1.54) is 14.0 Å². The molecule has 2 heterocycles. The van der Waals surface area contributed by atoms with Crippen LogP contribution in [0.2, 0.25) is 0 Å². The number of anilines is 2. The Morgan fingerprint density at radius 2 is 1.88 bits per heavy atom. The normalized spacial score (nSPS) is 15.4. The Labute approximate surface area is 195 Å². The number of aromatic nitrogens is 1. The van der Waals surface area contributed by atoms with Gasteiger partial charge in [0, 0.05) is 31.5 Å². The van der Waals surface area contributed by atoms with Crippen LogP contribution in [0.5, 0.6) is 11.5 Å². The van der Waals surface area contributed by atoms with Crippen molar-refractivity contribution in [3.8, 4) is 22.8 Å². The van der Waals surface area contributed by atoms with Gasteiger partial charge in [0.05, 0.1) is 36.4 Å². The lowest BCUT2D eigenvalue weighted by Gasteiger charge is -2.20. The van der Waals surface area contributed by atoms with Crippen LogP contribution in [0.25, 0.3) is 11.3 Å². The first-order chi connectivity index (χ1) is 15.9. The fourth-order valence-corrected chi connectivity index (χ4v) is 4.62. The van der Waals surface area contributed by atoms with E-state index in [0.29, 0.717) is 32.9 Å². The van der Waals surface area contributed by atoms with E-state index in [1.807, 2.05) is 30.3 Å². The lowest BCUT2D eigenvalue weighted by atomic mass is 10.1. The molecule has 4 rings (SSSR count). The molecular weight excluding hydrogens is 442 g/mol. The second-order valence-electron chi connectivity index (χ2n) is 7.55. The first-order valence-electron chi connectivity index (χ1n) is 10.3. The van der Waals surface area contributed by atoms with Crippen molar-refractivity contribution in [1.29, 1.82) is 0 Å². The van der Waals surface area contributed by atoms with Crippen molar-refractivity contribution in [1.82, 2.24) is 4.98 Å². The second kappa shape index (κ2) is 9.41. The van der Waals surface area contributed by atoms with Gasteiger partial charge < -0.3 is 19.7 Å².